The summed E-state index contributed by atoms with van der Waals surface area (Å²) in [7, 11) is 0. The van der Waals surface area contributed by atoms with E-state index in [4.69, 9.17) is 9.47 Å². The first-order chi connectivity index (χ1) is 12.8. The molecule has 130 valence electrons. The maximum Gasteiger partial charge on any atom is 0.323 e. The molecule has 26 heavy (non-hydrogen) atoms. The van der Waals surface area contributed by atoms with Crippen molar-refractivity contribution in [3.63, 3.8) is 0 Å². The van der Waals surface area contributed by atoms with Crippen LogP contribution in [0.5, 0.6) is 11.5 Å². The largest absolute Gasteiger partial charge is 0.493 e. The Bertz CT molecular complexity index is 995. The number of carbonyl (C=O) groups excluding carboxylic acids is 1. The predicted molar refractivity (Wildman–Crippen MR) is 99.2 cm³/mol. The molecule has 2 aromatic carbocycles. The lowest BCUT2D eigenvalue weighted by atomic mass is 10.0. The fraction of sp³-hybridized carbons (Fsp3) is 0.200. The zero-order valence-corrected chi connectivity index (χ0v) is 14.0. The molecule has 0 saturated heterocycles. The van der Waals surface area contributed by atoms with E-state index < -0.39 is 0 Å². The van der Waals surface area contributed by atoms with Gasteiger partial charge in [0.15, 0.2) is 0 Å². The van der Waals surface area contributed by atoms with E-state index in [1.54, 1.807) is 6.20 Å². The van der Waals surface area contributed by atoms with Crippen LogP contribution in [0.4, 0.5) is 16.2 Å². The van der Waals surface area contributed by atoms with Gasteiger partial charge in [-0.3, -0.25) is 4.98 Å². The second-order valence-corrected chi connectivity index (χ2v) is 6.37. The molecular weight excluding hydrogens is 330 g/mol. The number of hydrogen-bond donors (Lipinski definition) is 2. The fourth-order valence-corrected chi connectivity index (χ4v) is 3.59. The highest BCUT2D eigenvalue weighted by molar-refractivity contribution is 6.06. The van der Waals surface area contributed by atoms with Gasteiger partial charge in [0.1, 0.15) is 11.5 Å². The molecule has 0 radical (unpaired) electrons. The molecule has 6 heteroatoms. The average Bonchev–Trinajstić information content (AvgIpc) is 3.31. The van der Waals surface area contributed by atoms with Crippen molar-refractivity contribution in [1.82, 2.24) is 4.98 Å². The lowest BCUT2D eigenvalue weighted by molar-refractivity contribution is 0.262. The van der Waals surface area contributed by atoms with E-state index in [-0.39, 0.29) is 6.03 Å². The summed E-state index contributed by atoms with van der Waals surface area (Å²) in [6.07, 6.45) is 3.31. The van der Waals surface area contributed by atoms with E-state index in [1.165, 1.54) is 0 Å². The summed E-state index contributed by atoms with van der Waals surface area (Å²) in [4.78, 5) is 17.0. The maximum absolute atomic E-state index is 12.7. The molecule has 0 aliphatic carbocycles. The lowest BCUT2D eigenvalue weighted by Gasteiger charge is -2.15. The van der Waals surface area contributed by atoms with Gasteiger partial charge in [-0.2, -0.15) is 0 Å². The highest BCUT2D eigenvalue weighted by Crippen LogP contribution is 2.44. The first kappa shape index (κ1) is 15.0. The van der Waals surface area contributed by atoms with Crippen LogP contribution < -0.4 is 20.1 Å². The van der Waals surface area contributed by atoms with Crippen LogP contribution >= 0.6 is 0 Å². The van der Waals surface area contributed by atoms with Gasteiger partial charge < -0.3 is 20.1 Å². The highest BCUT2D eigenvalue weighted by Gasteiger charge is 2.27. The van der Waals surface area contributed by atoms with Crippen LogP contribution in [0.15, 0.2) is 42.6 Å². The Balaban J connectivity index is 1.46. The summed E-state index contributed by atoms with van der Waals surface area (Å²) in [5.74, 6) is 1.61. The van der Waals surface area contributed by atoms with Crippen LogP contribution in [0.25, 0.3) is 10.9 Å². The smallest absolute Gasteiger partial charge is 0.323 e. The molecule has 3 aromatic rings. The predicted octanol–water partition coefficient (Wildman–Crippen LogP) is 3.75. The highest BCUT2D eigenvalue weighted by atomic mass is 16.5. The Labute approximate surface area is 150 Å². The van der Waals surface area contributed by atoms with Gasteiger partial charge in [-0.1, -0.05) is 18.2 Å². The number of benzene rings is 2. The van der Waals surface area contributed by atoms with Crippen molar-refractivity contribution < 1.29 is 14.3 Å². The number of rotatable bonds is 2. The Kier molecular flexibility index (Phi) is 3.41. The molecule has 6 nitrogen and oxygen atoms in total. The molecule has 2 N–H and O–H groups in total. The van der Waals surface area contributed by atoms with E-state index in [0.717, 1.165) is 52.1 Å². The zero-order chi connectivity index (χ0) is 17.5. The second-order valence-electron chi connectivity index (χ2n) is 6.37. The van der Waals surface area contributed by atoms with Crippen LogP contribution in [0.3, 0.4) is 0 Å². The minimum atomic E-state index is -0.318. The van der Waals surface area contributed by atoms with Gasteiger partial charge in [0.05, 0.1) is 30.1 Å². The number of hydrogen-bond acceptors (Lipinski definition) is 4. The van der Waals surface area contributed by atoms with Gasteiger partial charge in [-0.15, -0.1) is 0 Å². The monoisotopic (exact) mass is 347 g/mol. The minimum absolute atomic E-state index is 0.318. The third kappa shape index (κ3) is 2.42. The lowest BCUT2D eigenvalue weighted by Crippen LogP contribution is -2.21. The van der Waals surface area contributed by atoms with Crippen molar-refractivity contribution in [3.05, 3.63) is 53.7 Å². The first-order valence-corrected chi connectivity index (χ1v) is 8.66. The third-order valence-electron chi connectivity index (χ3n) is 4.77. The average molecular weight is 347 g/mol. The number of amides is 2. The van der Waals surface area contributed by atoms with E-state index in [9.17, 15) is 4.79 Å². The summed E-state index contributed by atoms with van der Waals surface area (Å²) < 4.78 is 11.5. The first-order valence-electron chi connectivity index (χ1n) is 8.66. The second kappa shape index (κ2) is 5.91. The number of fused-ring (bicyclic) bond motifs is 3. The molecule has 0 saturated carbocycles. The molecule has 2 aliphatic heterocycles. The molecule has 5 rings (SSSR count). The number of nitrogens with one attached hydrogen (secondary N) is 2. The molecule has 0 spiro atoms. The number of pyridine rings is 1. The third-order valence-corrected chi connectivity index (χ3v) is 4.77. The molecule has 0 fully saturated rings. The van der Waals surface area contributed by atoms with Gasteiger partial charge in [0.25, 0.3) is 0 Å². The molecule has 0 unspecified atom stereocenters. The number of carbonyl (C=O) groups is 1. The van der Waals surface area contributed by atoms with Crippen molar-refractivity contribution in [3.8, 4) is 11.5 Å². The molecule has 3 heterocycles. The Morgan fingerprint density at radius 1 is 1.04 bits per heavy atom. The van der Waals surface area contributed by atoms with Crippen molar-refractivity contribution in [1.29, 1.82) is 0 Å². The number of aromatic nitrogens is 1. The SMILES string of the molecule is O=C(Nc1c2c(cc3c1OCC3)OCC2)Nc1cccc2cccnc12. The van der Waals surface area contributed by atoms with Crippen molar-refractivity contribution in [2.45, 2.75) is 12.8 Å². The molecule has 2 aliphatic rings. The normalized spacial score (nSPS) is 14.3. The van der Waals surface area contributed by atoms with Gasteiger partial charge in [0.2, 0.25) is 0 Å². The number of nitrogens with zero attached hydrogens (tertiary/aromatic N) is 1. The van der Waals surface area contributed by atoms with E-state index in [0.29, 0.717) is 18.9 Å². The van der Waals surface area contributed by atoms with Crippen LogP contribution in [0, 0.1) is 0 Å². The Morgan fingerprint density at radius 3 is 2.88 bits per heavy atom. The topological polar surface area (TPSA) is 72.5 Å². The summed E-state index contributed by atoms with van der Waals surface area (Å²) >= 11 is 0. The number of anilines is 2. The van der Waals surface area contributed by atoms with E-state index >= 15 is 0 Å². The maximum atomic E-state index is 12.7. The van der Waals surface area contributed by atoms with Gasteiger partial charge >= 0.3 is 6.03 Å². The van der Waals surface area contributed by atoms with Crippen molar-refractivity contribution in [2.24, 2.45) is 0 Å². The van der Waals surface area contributed by atoms with E-state index in [1.807, 2.05) is 36.4 Å². The minimum Gasteiger partial charge on any atom is -0.493 e. The summed E-state index contributed by atoms with van der Waals surface area (Å²) in [6.45, 7) is 1.25. The van der Waals surface area contributed by atoms with Crippen molar-refractivity contribution >= 4 is 28.3 Å². The quantitative estimate of drug-likeness (QED) is 0.740. The van der Waals surface area contributed by atoms with E-state index in [2.05, 4.69) is 15.6 Å². The Morgan fingerprint density at radius 2 is 1.92 bits per heavy atom. The Hall–Kier alpha value is -3.28. The van der Waals surface area contributed by atoms with Crippen LogP contribution in [-0.2, 0) is 12.8 Å². The molecule has 0 bridgehead atoms. The summed E-state index contributed by atoms with van der Waals surface area (Å²) in [5.41, 5.74) is 4.22. The van der Waals surface area contributed by atoms with Crippen LogP contribution in [0.1, 0.15) is 11.1 Å². The molecule has 2 amide bonds. The van der Waals surface area contributed by atoms with Crippen molar-refractivity contribution in [2.75, 3.05) is 23.8 Å². The standard InChI is InChI=1S/C20H17N3O3/c24-20(22-15-5-1-3-12-4-2-8-21-17(12)15)23-18-14-7-10-25-16(14)11-13-6-9-26-19(13)18/h1-5,8,11H,6-7,9-10H2,(H2,22,23,24). The van der Waals surface area contributed by atoms with Gasteiger partial charge in [-0.05, 0) is 18.2 Å². The summed E-state index contributed by atoms with van der Waals surface area (Å²) in [5, 5.41) is 6.86. The van der Waals surface area contributed by atoms with Gasteiger partial charge in [-0.25, -0.2) is 4.79 Å². The molecular formula is C20H17N3O3. The number of urea groups is 1. The summed E-state index contributed by atoms with van der Waals surface area (Å²) in [6, 6.07) is 11.3. The van der Waals surface area contributed by atoms with Gasteiger partial charge in [0, 0.05) is 35.6 Å². The number of ether oxygens (including phenoxy) is 2. The zero-order valence-electron chi connectivity index (χ0n) is 14.0. The fourth-order valence-electron chi connectivity index (χ4n) is 3.59. The van der Waals surface area contributed by atoms with Crippen LogP contribution in [0.2, 0.25) is 0 Å². The molecule has 0 atom stereocenters. The molecule has 1 aromatic heterocycles. The van der Waals surface area contributed by atoms with Crippen LogP contribution in [-0.4, -0.2) is 24.2 Å². The number of para-hydroxylation sites is 1.